The van der Waals surface area contributed by atoms with E-state index in [0.29, 0.717) is 51.5 Å². The van der Waals surface area contributed by atoms with Crippen LogP contribution in [0.2, 0.25) is 10.0 Å². The lowest BCUT2D eigenvalue weighted by Gasteiger charge is -2.22. The van der Waals surface area contributed by atoms with Crippen molar-refractivity contribution in [3.63, 3.8) is 0 Å². The molecule has 0 aliphatic heterocycles. The van der Waals surface area contributed by atoms with Gasteiger partial charge in [-0.25, -0.2) is 14.6 Å². The first-order valence-electron chi connectivity index (χ1n) is 16.1. The predicted molar refractivity (Wildman–Crippen MR) is 187 cm³/mol. The van der Waals surface area contributed by atoms with E-state index < -0.39 is 30.7 Å². The van der Waals surface area contributed by atoms with Crippen molar-refractivity contribution in [1.82, 2.24) is 4.90 Å². The molecule has 5 rings (SSSR count). The molecule has 1 aromatic heterocycles. The smallest absolute Gasteiger partial charge is 0.387 e. The molecule has 3 N–H and O–H groups in total. The number of benzene rings is 3. The molecule has 4 aromatic rings. The average Bonchev–Trinajstić information content (AvgIpc) is 3.93. The van der Waals surface area contributed by atoms with Crippen LogP contribution in [-0.4, -0.2) is 62.8 Å². The summed E-state index contributed by atoms with van der Waals surface area (Å²) in [7, 11) is 3.77. The zero-order chi connectivity index (χ0) is 35.6. The van der Waals surface area contributed by atoms with Crippen molar-refractivity contribution in [2.75, 3.05) is 39.2 Å². The number of pyridine rings is 1. The lowest BCUT2D eigenvalue weighted by molar-refractivity contribution is -0.377. The molecule has 1 unspecified atom stereocenters. The van der Waals surface area contributed by atoms with Crippen LogP contribution in [0.3, 0.4) is 0 Å². The highest BCUT2D eigenvalue weighted by Gasteiger charge is 2.27. The number of carbonyl (C=O) groups is 2. The van der Waals surface area contributed by atoms with Gasteiger partial charge in [-0.15, -0.1) is 0 Å². The number of nitrogens with zero attached hydrogens (tertiary/aromatic N) is 1. The van der Waals surface area contributed by atoms with Gasteiger partial charge in [-0.1, -0.05) is 65.7 Å². The number of halogens is 4. The summed E-state index contributed by atoms with van der Waals surface area (Å²) >= 11 is 13.0. The summed E-state index contributed by atoms with van der Waals surface area (Å²) in [6, 6.07) is 19.2. The number of aromatic nitrogens is 1. The maximum absolute atomic E-state index is 13.8. The SMILES string of the molecule is CN(C)CCOC(=O)C(Nc1cccc(C(=O)O[C@@H](Cc2c(Cl)c[nH+]cc2Cl)c2ccc(OC(F)F)c(OCC3CC3)c2)c1)c1ccccc1.[OH-]. The predicted octanol–water partition coefficient (Wildman–Crippen LogP) is 7.42. The Morgan fingerprint density at radius 1 is 0.941 bits per heavy atom. The van der Waals surface area contributed by atoms with Gasteiger partial charge in [0.25, 0.3) is 0 Å². The van der Waals surface area contributed by atoms with E-state index in [9.17, 15) is 18.4 Å². The summed E-state index contributed by atoms with van der Waals surface area (Å²) in [6.45, 7) is -1.95. The number of carbonyl (C=O) groups excluding carboxylic acids is 2. The van der Waals surface area contributed by atoms with Crippen molar-refractivity contribution in [2.45, 2.75) is 38.0 Å². The van der Waals surface area contributed by atoms with E-state index in [0.717, 1.165) is 12.8 Å². The number of aromatic amines is 1. The number of hydrogen-bond acceptors (Lipinski definition) is 9. The van der Waals surface area contributed by atoms with Crippen LogP contribution in [0.25, 0.3) is 0 Å². The molecule has 0 saturated heterocycles. The minimum absolute atomic E-state index is 0. The molecule has 0 amide bonds. The second kappa shape index (κ2) is 18.7. The van der Waals surface area contributed by atoms with Crippen molar-refractivity contribution < 1.29 is 47.8 Å². The third-order valence-corrected chi connectivity index (χ3v) is 8.60. The zero-order valence-corrected chi connectivity index (χ0v) is 29.5. The van der Waals surface area contributed by atoms with E-state index in [-0.39, 0.29) is 35.6 Å². The molecule has 51 heavy (non-hydrogen) atoms. The van der Waals surface area contributed by atoms with Gasteiger partial charge in [0, 0.05) is 24.2 Å². The Bertz CT molecular complexity index is 1740. The van der Waals surface area contributed by atoms with E-state index in [4.69, 9.17) is 42.1 Å². The van der Waals surface area contributed by atoms with Crippen LogP contribution >= 0.6 is 23.2 Å². The Balaban J connectivity index is 0.00000583. The average molecular weight is 747 g/mol. The Morgan fingerprint density at radius 3 is 2.33 bits per heavy atom. The van der Waals surface area contributed by atoms with Crippen LogP contribution in [0, 0.1) is 5.92 Å². The largest absolute Gasteiger partial charge is 0.870 e. The zero-order valence-electron chi connectivity index (χ0n) is 28.0. The number of rotatable bonds is 17. The summed E-state index contributed by atoms with van der Waals surface area (Å²) in [5, 5.41) is 3.83. The third kappa shape index (κ3) is 11.5. The first-order chi connectivity index (χ1) is 24.1. The fourth-order valence-corrected chi connectivity index (χ4v) is 5.58. The fraction of sp³-hybridized carbons (Fsp3) is 0.324. The summed E-state index contributed by atoms with van der Waals surface area (Å²) in [5.74, 6) is -0.852. The van der Waals surface area contributed by atoms with Gasteiger partial charge < -0.3 is 34.6 Å². The van der Waals surface area contributed by atoms with Gasteiger partial charge in [-0.3, -0.25) is 0 Å². The number of nitrogens with one attached hydrogen (secondary N) is 2. The highest BCUT2D eigenvalue weighted by Crippen LogP contribution is 2.38. The van der Waals surface area contributed by atoms with E-state index in [1.165, 1.54) is 18.2 Å². The van der Waals surface area contributed by atoms with E-state index in [1.807, 2.05) is 49.3 Å². The van der Waals surface area contributed by atoms with Crippen LogP contribution in [0.1, 0.15) is 52.0 Å². The summed E-state index contributed by atoms with van der Waals surface area (Å²) < 4.78 is 48.7. The molecule has 1 heterocycles. The molecule has 2 atom stereocenters. The van der Waals surface area contributed by atoms with E-state index in [2.05, 4.69) is 10.3 Å². The minimum atomic E-state index is -3.06. The molecule has 0 spiro atoms. The van der Waals surface area contributed by atoms with Crippen LogP contribution in [0.5, 0.6) is 11.5 Å². The van der Waals surface area contributed by atoms with Gasteiger partial charge in [-0.2, -0.15) is 8.78 Å². The van der Waals surface area contributed by atoms with Crippen molar-refractivity contribution in [2.24, 2.45) is 5.92 Å². The molecule has 10 nitrogen and oxygen atoms in total. The van der Waals surface area contributed by atoms with Crippen molar-refractivity contribution in [3.05, 3.63) is 117 Å². The quantitative estimate of drug-likeness (QED) is 0.110. The maximum Gasteiger partial charge on any atom is 0.387 e. The number of hydrogen-bond donors (Lipinski definition) is 1. The molecule has 272 valence electrons. The van der Waals surface area contributed by atoms with Crippen molar-refractivity contribution in [3.8, 4) is 11.5 Å². The van der Waals surface area contributed by atoms with Gasteiger partial charge in [0.05, 0.1) is 12.2 Å². The Kier molecular flexibility index (Phi) is 14.4. The molecular weight excluding hydrogens is 707 g/mol. The van der Waals surface area contributed by atoms with Gasteiger partial charge in [-0.05, 0) is 74.3 Å². The van der Waals surface area contributed by atoms with Crippen molar-refractivity contribution >= 4 is 40.8 Å². The topological polar surface area (TPSA) is 130 Å². The number of alkyl halides is 2. The van der Waals surface area contributed by atoms with Crippen molar-refractivity contribution in [1.29, 1.82) is 0 Å². The summed E-state index contributed by atoms with van der Waals surface area (Å²) in [4.78, 5) is 31.7. The summed E-state index contributed by atoms with van der Waals surface area (Å²) in [5.41, 5.74) is 2.30. The molecule has 14 heteroatoms. The molecule has 1 aliphatic rings. The Labute approximate surface area is 304 Å². The molecule has 1 saturated carbocycles. The van der Waals surface area contributed by atoms with Gasteiger partial charge in [0.2, 0.25) is 0 Å². The first-order valence-corrected chi connectivity index (χ1v) is 16.8. The summed E-state index contributed by atoms with van der Waals surface area (Å²) in [6.07, 6.45) is 4.17. The van der Waals surface area contributed by atoms with Gasteiger partial charge >= 0.3 is 18.6 Å². The minimum Gasteiger partial charge on any atom is -0.870 e. The number of ether oxygens (including phenoxy) is 4. The molecule has 3 aromatic carbocycles. The van der Waals surface area contributed by atoms with Gasteiger partial charge in [0.15, 0.2) is 29.9 Å². The first kappa shape index (κ1) is 39.3. The molecule has 0 bridgehead atoms. The standard InChI is InChI=1S/C37H37Cl2F2N3O6.H2O/c1-44(2)15-16-47-36(46)34(24-7-4-3-5-8-24)43-27-10-6-9-26(17-27)35(45)49-32(19-28-29(38)20-42-21-30(28)39)25-13-14-31(50-37(40)41)33(18-25)48-22-23-11-12-23;/h3-10,13-14,17-18,20-21,23,32,34,37,43H,11-12,15-16,19,22H2,1-2H3;1H2/t32-,34?;/m0./s1. The Morgan fingerprint density at radius 2 is 1.67 bits per heavy atom. The molecule has 1 aliphatic carbocycles. The molecular formula is C37H39Cl2F2N3O7. The highest BCUT2D eigenvalue weighted by molar-refractivity contribution is 6.35. The van der Waals surface area contributed by atoms with Crippen LogP contribution in [-0.2, 0) is 20.7 Å². The second-order valence-electron chi connectivity index (χ2n) is 12.1. The van der Waals surface area contributed by atoms with E-state index in [1.54, 1.807) is 36.7 Å². The number of esters is 2. The number of H-pyrrole nitrogens is 1. The number of anilines is 1. The second-order valence-corrected chi connectivity index (χ2v) is 12.9. The normalized spacial score (nSPS) is 13.6. The van der Waals surface area contributed by atoms with Crippen LogP contribution in [0.4, 0.5) is 14.5 Å². The third-order valence-electron chi connectivity index (χ3n) is 7.92. The Hall–Kier alpha value is -4.49. The molecule has 1 fully saturated rings. The lowest BCUT2D eigenvalue weighted by atomic mass is 10.0. The lowest BCUT2D eigenvalue weighted by Crippen LogP contribution is -2.27. The highest BCUT2D eigenvalue weighted by atomic mass is 35.5. The fourth-order valence-electron chi connectivity index (χ4n) is 5.04. The number of likely N-dealkylation sites (N-methyl/N-ethyl adjacent to an activating group) is 1. The van der Waals surface area contributed by atoms with Crippen LogP contribution in [0.15, 0.2) is 85.2 Å². The van der Waals surface area contributed by atoms with E-state index >= 15 is 0 Å². The van der Waals surface area contributed by atoms with Crippen LogP contribution < -0.4 is 19.8 Å². The monoisotopic (exact) mass is 745 g/mol. The maximum atomic E-state index is 13.8. The van der Waals surface area contributed by atoms with Gasteiger partial charge in [0.1, 0.15) is 22.8 Å². The molecule has 0 radical (unpaired) electrons.